The average Bonchev–Trinajstić information content (AvgIpc) is 3.27. The first kappa shape index (κ1) is 17.2. The van der Waals surface area contributed by atoms with Crippen LogP contribution in [-0.2, 0) is 0 Å². The molecule has 0 bridgehead atoms. The van der Waals surface area contributed by atoms with Crippen molar-refractivity contribution in [3.8, 4) is 5.69 Å². The molecule has 4 rings (SSSR count). The van der Waals surface area contributed by atoms with Gasteiger partial charge in [0.25, 0.3) is 0 Å². The van der Waals surface area contributed by atoms with Crippen molar-refractivity contribution in [1.82, 2.24) is 19.8 Å². The van der Waals surface area contributed by atoms with Gasteiger partial charge in [0.1, 0.15) is 0 Å². The lowest BCUT2D eigenvalue weighted by Crippen LogP contribution is -2.30. The molecule has 1 N–H and O–H groups in total. The van der Waals surface area contributed by atoms with E-state index in [1.54, 1.807) is 0 Å². The van der Waals surface area contributed by atoms with Gasteiger partial charge in [-0.1, -0.05) is 22.0 Å². The number of likely N-dealkylation sites (N-methyl/N-ethyl adjacent to an activating group) is 1. The maximum atomic E-state index is 5.62. The van der Waals surface area contributed by atoms with Crippen LogP contribution in [0.2, 0.25) is 0 Å². The first-order valence-corrected chi connectivity index (χ1v) is 9.80. The van der Waals surface area contributed by atoms with E-state index in [0.717, 1.165) is 27.5 Å². The first-order valence-electron chi connectivity index (χ1n) is 8.60. The van der Waals surface area contributed by atoms with Gasteiger partial charge in [0.15, 0.2) is 5.11 Å². The molecule has 1 saturated heterocycles. The predicted molar refractivity (Wildman–Crippen MR) is 111 cm³/mol. The molecular weight excluding hydrogens is 408 g/mol. The van der Waals surface area contributed by atoms with Gasteiger partial charge in [-0.05, 0) is 67.7 Å². The summed E-state index contributed by atoms with van der Waals surface area (Å²) in [6.45, 7) is 2.97. The van der Waals surface area contributed by atoms with Crippen LogP contribution in [-0.4, -0.2) is 26.1 Å². The highest BCUT2D eigenvalue weighted by atomic mass is 79.9. The molecule has 2 aromatic heterocycles. The molecule has 3 aromatic rings. The number of rotatable bonds is 4. The van der Waals surface area contributed by atoms with Crippen LogP contribution in [0.25, 0.3) is 5.69 Å². The van der Waals surface area contributed by atoms with Gasteiger partial charge in [-0.2, -0.15) is 0 Å². The maximum Gasteiger partial charge on any atom is 0.170 e. The Morgan fingerprint density at radius 3 is 2.62 bits per heavy atom. The van der Waals surface area contributed by atoms with Gasteiger partial charge in [0.2, 0.25) is 0 Å². The fraction of sp³-hybridized carbons (Fsp3) is 0.200. The van der Waals surface area contributed by atoms with Crippen LogP contribution in [0.4, 0.5) is 0 Å². The smallest absolute Gasteiger partial charge is 0.170 e. The quantitative estimate of drug-likeness (QED) is 0.616. The van der Waals surface area contributed by atoms with Crippen LogP contribution in [0.15, 0.2) is 71.5 Å². The van der Waals surface area contributed by atoms with E-state index in [4.69, 9.17) is 12.2 Å². The van der Waals surface area contributed by atoms with E-state index >= 15 is 0 Å². The standard InChI is InChI=1S/C20H19BrN4S/c1-2-24-19(18(23-20(24)26)16-6-3-4-12-22-16)17-7-5-13-25(17)15-10-8-14(21)9-11-15/h3-13,18-19H,2H2,1H3,(H,23,26)/t18-,19-/m0/s1. The van der Waals surface area contributed by atoms with Gasteiger partial charge in [-0.25, -0.2) is 0 Å². The number of hydrogen-bond donors (Lipinski definition) is 1. The monoisotopic (exact) mass is 426 g/mol. The molecule has 1 aliphatic rings. The minimum Gasteiger partial charge on any atom is -0.352 e. The Labute approximate surface area is 167 Å². The highest BCUT2D eigenvalue weighted by Gasteiger charge is 2.40. The highest BCUT2D eigenvalue weighted by molar-refractivity contribution is 9.10. The molecule has 1 fully saturated rings. The molecule has 6 heteroatoms. The van der Waals surface area contributed by atoms with Crippen LogP contribution < -0.4 is 5.32 Å². The lowest BCUT2D eigenvalue weighted by Gasteiger charge is -2.28. The molecular formula is C20H19BrN4S. The molecule has 1 aliphatic heterocycles. The number of hydrogen-bond acceptors (Lipinski definition) is 2. The second-order valence-corrected chi connectivity index (χ2v) is 7.49. The summed E-state index contributed by atoms with van der Waals surface area (Å²) in [4.78, 5) is 6.81. The number of pyridine rings is 1. The predicted octanol–water partition coefficient (Wildman–Crippen LogP) is 4.63. The second kappa shape index (κ2) is 7.21. The largest absolute Gasteiger partial charge is 0.352 e. The Kier molecular flexibility index (Phi) is 4.78. The lowest BCUT2D eigenvalue weighted by molar-refractivity contribution is 0.321. The summed E-state index contributed by atoms with van der Waals surface area (Å²) in [5, 5.41) is 4.25. The van der Waals surface area contributed by atoms with E-state index in [0.29, 0.717) is 0 Å². The van der Waals surface area contributed by atoms with Crippen molar-refractivity contribution in [1.29, 1.82) is 0 Å². The molecule has 4 nitrogen and oxygen atoms in total. The molecule has 0 saturated carbocycles. The number of thiocarbonyl (C=S) groups is 1. The molecule has 0 spiro atoms. The maximum absolute atomic E-state index is 5.62. The van der Waals surface area contributed by atoms with Crippen molar-refractivity contribution in [2.24, 2.45) is 0 Å². The number of nitrogens with zero attached hydrogens (tertiary/aromatic N) is 3. The third kappa shape index (κ3) is 3.04. The average molecular weight is 427 g/mol. The van der Waals surface area contributed by atoms with E-state index in [1.165, 1.54) is 5.69 Å². The molecule has 0 aliphatic carbocycles. The number of nitrogens with one attached hydrogen (secondary N) is 1. The van der Waals surface area contributed by atoms with E-state index in [1.807, 2.05) is 18.3 Å². The summed E-state index contributed by atoms with van der Waals surface area (Å²) >= 11 is 9.13. The molecule has 132 valence electrons. The highest BCUT2D eigenvalue weighted by Crippen LogP contribution is 2.39. The summed E-state index contributed by atoms with van der Waals surface area (Å²) in [6.07, 6.45) is 3.93. The van der Waals surface area contributed by atoms with Crippen LogP contribution in [0.1, 0.15) is 30.4 Å². The van der Waals surface area contributed by atoms with E-state index < -0.39 is 0 Å². The van der Waals surface area contributed by atoms with Crippen molar-refractivity contribution in [3.05, 3.63) is 82.9 Å². The van der Waals surface area contributed by atoms with Gasteiger partial charge >= 0.3 is 0 Å². The normalized spacial score (nSPS) is 19.6. The Balaban J connectivity index is 1.80. The van der Waals surface area contributed by atoms with Crippen molar-refractivity contribution in [2.75, 3.05) is 6.54 Å². The van der Waals surface area contributed by atoms with Crippen molar-refractivity contribution in [3.63, 3.8) is 0 Å². The van der Waals surface area contributed by atoms with Gasteiger partial charge < -0.3 is 14.8 Å². The van der Waals surface area contributed by atoms with Crippen molar-refractivity contribution in [2.45, 2.75) is 19.0 Å². The zero-order valence-corrected chi connectivity index (χ0v) is 16.7. The fourth-order valence-electron chi connectivity index (χ4n) is 3.54. The number of aromatic nitrogens is 2. The Morgan fingerprint density at radius 2 is 1.92 bits per heavy atom. The minimum atomic E-state index is 0.0211. The van der Waals surface area contributed by atoms with Crippen molar-refractivity contribution < 1.29 is 0 Å². The molecule has 0 radical (unpaired) electrons. The zero-order chi connectivity index (χ0) is 18.1. The minimum absolute atomic E-state index is 0.0211. The van der Waals surface area contributed by atoms with Gasteiger partial charge in [0, 0.05) is 34.8 Å². The molecule has 26 heavy (non-hydrogen) atoms. The van der Waals surface area contributed by atoms with E-state index in [9.17, 15) is 0 Å². The summed E-state index contributed by atoms with van der Waals surface area (Å²) in [6, 6.07) is 18.7. The lowest BCUT2D eigenvalue weighted by atomic mass is 10.0. The van der Waals surface area contributed by atoms with Gasteiger partial charge in [0.05, 0.1) is 17.8 Å². The molecule has 0 unspecified atom stereocenters. The van der Waals surface area contributed by atoms with Crippen LogP contribution in [0.3, 0.4) is 0 Å². The molecule has 3 heterocycles. The Hall–Kier alpha value is -2.18. The topological polar surface area (TPSA) is 33.1 Å². The second-order valence-electron chi connectivity index (χ2n) is 6.19. The van der Waals surface area contributed by atoms with E-state index in [-0.39, 0.29) is 12.1 Å². The van der Waals surface area contributed by atoms with Crippen LogP contribution in [0, 0.1) is 0 Å². The SMILES string of the molecule is CCN1C(=S)N[C@@H](c2ccccn2)[C@@H]1c1cccn1-c1ccc(Br)cc1. The van der Waals surface area contributed by atoms with Crippen molar-refractivity contribution >= 4 is 33.3 Å². The number of benzene rings is 1. The Bertz CT molecular complexity index is 907. The van der Waals surface area contributed by atoms with Crippen LogP contribution in [0.5, 0.6) is 0 Å². The van der Waals surface area contributed by atoms with Crippen LogP contribution >= 0.6 is 28.1 Å². The summed E-state index contributed by atoms with van der Waals surface area (Å²) in [5.74, 6) is 0. The molecule has 1 aromatic carbocycles. The first-order chi connectivity index (χ1) is 12.7. The van der Waals surface area contributed by atoms with Gasteiger partial charge in [-0.15, -0.1) is 0 Å². The van der Waals surface area contributed by atoms with E-state index in [2.05, 4.69) is 91.3 Å². The third-order valence-corrected chi connectivity index (χ3v) is 5.61. The van der Waals surface area contributed by atoms with Gasteiger partial charge in [-0.3, -0.25) is 4.98 Å². The number of halogens is 1. The fourth-order valence-corrected chi connectivity index (χ4v) is 4.17. The summed E-state index contributed by atoms with van der Waals surface area (Å²) in [7, 11) is 0. The third-order valence-electron chi connectivity index (χ3n) is 4.73. The zero-order valence-electron chi connectivity index (χ0n) is 14.3. The molecule has 0 amide bonds. The Morgan fingerprint density at radius 1 is 1.12 bits per heavy atom. The summed E-state index contributed by atoms with van der Waals surface area (Å²) in [5.41, 5.74) is 3.32. The molecule has 2 atom stereocenters. The summed E-state index contributed by atoms with van der Waals surface area (Å²) < 4.78 is 3.30.